The molecule has 0 aliphatic heterocycles. The minimum absolute atomic E-state index is 0.0858. The van der Waals surface area contributed by atoms with Crippen LogP contribution in [0.15, 0.2) is 110 Å². The lowest BCUT2D eigenvalue weighted by molar-refractivity contribution is -0.380. The lowest BCUT2D eigenvalue weighted by Crippen LogP contribution is -1.80. The van der Waals surface area contributed by atoms with Crippen LogP contribution in [0.5, 0.6) is 0 Å². The molecule has 0 radical (unpaired) electrons. The molecule has 0 aliphatic rings. The number of thiazole rings is 1. The monoisotopic (exact) mass is 497 g/mol. The molecular formula is C24H15N7O2S2. The van der Waals surface area contributed by atoms with Gasteiger partial charge in [-0.2, -0.15) is 5.11 Å². The number of nitro groups is 1. The van der Waals surface area contributed by atoms with Crippen LogP contribution in [0.4, 0.5) is 32.9 Å². The van der Waals surface area contributed by atoms with Crippen molar-refractivity contribution in [1.29, 1.82) is 0 Å². The summed E-state index contributed by atoms with van der Waals surface area (Å²) in [6, 6.07) is 21.9. The van der Waals surface area contributed by atoms with Crippen molar-refractivity contribution in [2.24, 2.45) is 25.4 Å². The number of hydrogen-bond acceptors (Lipinski definition) is 10. The van der Waals surface area contributed by atoms with Crippen LogP contribution < -0.4 is 0 Å². The van der Waals surface area contributed by atoms with E-state index in [1.54, 1.807) is 18.5 Å². The topological polar surface area (TPSA) is 118 Å². The molecule has 0 fully saturated rings. The quantitative estimate of drug-likeness (QED) is 0.0966. The van der Waals surface area contributed by atoms with Crippen molar-refractivity contribution in [1.82, 2.24) is 4.98 Å². The Balaban J connectivity index is 1.36. The summed E-state index contributed by atoms with van der Waals surface area (Å²) in [6.45, 7) is 0. The van der Waals surface area contributed by atoms with Crippen LogP contribution in [0.3, 0.4) is 0 Å². The van der Waals surface area contributed by atoms with Crippen LogP contribution in [0, 0.1) is 10.1 Å². The zero-order valence-electron chi connectivity index (χ0n) is 17.9. The number of hydrogen-bond donors (Lipinski definition) is 0. The lowest BCUT2D eigenvalue weighted by Gasteiger charge is -2.04. The highest BCUT2D eigenvalue weighted by atomic mass is 32.1. The van der Waals surface area contributed by atoms with Crippen molar-refractivity contribution in [2.75, 3.05) is 0 Å². The number of benzene rings is 3. The molecule has 170 valence electrons. The summed E-state index contributed by atoms with van der Waals surface area (Å²) >= 11 is 2.50. The predicted octanol–water partition coefficient (Wildman–Crippen LogP) is 8.85. The van der Waals surface area contributed by atoms with Gasteiger partial charge in [-0.1, -0.05) is 35.6 Å². The van der Waals surface area contributed by atoms with E-state index in [2.05, 4.69) is 30.4 Å². The number of rotatable bonds is 7. The molecule has 0 atom stereocenters. The molecule has 35 heavy (non-hydrogen) atoms. The first kappa shape index (κ1) is 22.3. The van der Waals surface area contributed by atoms with E-state index < -0.39 is 4.92 Å². The Hall–Kier alpha value is -4.48. The third-order valence-electron chi connectivity index (χ3n) is 4.79. The Kier molecular flexibility index (Phi) is 6.50. The summed E-state index contributed by atoms with van der Waals surface area (Å²) in [5.41, 5.74) is 2.83. The first-order valence-electron chi connectivity index (χ1n) is 10.3. The van der Waals surface area contributed by atoms with E-state index in [4.69, 9.17) is 0 Å². The van der Waals surface area contributed by atoms with Gasteiger partial charge in [0.1, 0.15) is 0 Å². The van der Waals surface area contributed by atoms with Crippen LogP contribution in [-0.4, -0.2) is 16.1 Å². The molecule has 0 saturated carbocycles. The van der Waals surface area contributed by atoms with Gasteiger partial charge in [-0.05, 0) is 42.5 Å². The number of azo groups is 2. The average Bonchev–Trinajstić information content (AvgIpc) is 3.58. The SMILES string of the molecule is O=[N+]([O-])c1ccc(C=Nc2ccc(N=Nc3ccc(N=Nc4nccs4)cc3)c3ccccc23)s1. The number of fused-ring (bicyclic) bond motifs is 1. The molecule has 0 saturated heterocycles. The van der Waals surface area contributed by atoms with Gasteiger partial charge in [-0.15, -0.1) is 26.7 Å². The summed E-state index contributed by atoms with van der Waals surface area (Å²) in [6.07, 6.45) is 3.32. The fourth-order valence-corrected chi connectivity index (χ4v) is 4.32. The zero-order valence-corrected chi connectivity index (χ0v) is 19.6. The van der Waals surface area contributed by atoms with E-state index in [9.17, 15) is 10.1 Å². The zero-order chi connectivity index (χ0) is 24.0. The fraction of sp³-hybridized carbons (Fsp3) is 0. The first-order chi connectivity index (χ1) is 17.2. The van der Waals surface area contributed by atoms with Crippen molar-refractivity contribution in [2.45, 2.75) is 0 Å². The molecule has 11 heteroatoms. The Morgan fingerprint density at radius 1 is 0.800 bits per heavy atom. The number of aliphatic imine (C=N–C) groups is 1. The number of nitrogens with zero attached hydrogens (tertiary/aromatic N) is 7. The molecule has 0 unspecified atom stereocenters. The van der Waals surface area contributed by atoms with Crippen molar-refractivity contribution >= 4 is 72.5 Å². The highest BCUT2D eigenvalue weighted by Crippen LogP contribution is 2.35. The third kappa shape index (κ3) is 5.37. The van der Waals surface area contributed by atoms with E-state index in [-0.39, 0.29) is 5.00 Å². The van der Waals surface area contributed by atoms with Gasteiger partial charge >= 0.3 is 5.00 Å². The predicted molar refractivity (Wildman–Crippen MR) is 139 cm³/mol. The highest BCUT2D eigenvalue weighted by molar-refractivity contribution is 7.16. The van der Waals surface area contributed by atoms with Gasteiger partial charge < -0.3 is 0 Å². The van der Waals surface area contributed by atoms with E-state index in [1.165, 1.54) is 17.4 Å². The second kappa shape index (κ2) is 10.2. The van der Waals surface area contributed by atoms with Crippen LogP contribution >= 0.6 is 22.7 Å². The van der Waals surface area contributed by atoms with Gasteiger partial charge in [0.15, 0.2) is 0 Å². The van der Waals surface area contributed by atoms with Crippen molar-refractivity contribution in [3.8, 4) is 0 Å². The molecule has 0 spiro atoms. The van der Waals surface area contributed by atoms with Crippen LogP contribution in [0.2, 0.25) is 0 Å². The first-order valence-corrected chi connectivity index (χ1v) is 12.0. The van der Waals surface area contributed by atoms with Gasteiger partial charge in [0.2, 0.25) is 5.13 Å². The number of aromatic nitrogens is 1. The summed E-state index contributed by atoms with van der Waals surface area (Å²) in [4.78, 5) is 19.8. The molecule has 5 aromatic rings. The summed E-state index contributed by atoms with van der Waals surface area (Å²) < 4.78 is 0. The average molecular weight is 498 g/mol. The van der Waals surface area contributed by atoms with E-state index >= 15 is 0 Å². The molecule has 0 aliphatic carbocycles. The van der Waals surface area contributed by atoms with E-state index in [0.717, 1.165) is 27.8 Å². The maximum atomic E-state index is 10.9. The Labute approximate surface area is 207 Å². The molecule has 0 bridgehead atoms. The van der Waals surface area contributed by atoms with Crippen LogP contribution in [0.25, 0.3) is 10.8 Å². The van der Waals surface area contributed by atoms with Gasteiger partial charge in [0.05, 0.1) is 32.6 Å². The van der Waals surface area contributed by atoms with Gasteiger partial charge in [0, 0.05) is 34.6 Å². The van der Waals surface area contributed by atoms with Crippen LogP contribution in [-0.2, 0) is 0 Å². The molecule has 2 heterocycles. The third-order valence-corrected chi connectivity index (χ3v) is 6.42. The second-order valence-electron chi connectivity index (χ2n) is 7.07. The Bertz CT molecular complexity index is 1570. The van der Waals surface area contributed by atoms with Gasteiger partial charge in [-0.3, -0.25) is 15.1 Å². The second-order valence-corrected chi connectivity index (χ2v) is 9.04. The van der Waals surface area contributed by atoms with Gasteiger partial charge in [0.25, 0.3) is 0 Å². The minimum atomic E-state index is -0.405. The van der Waals surface area contributed by atoms with Crippen molar-refractivity contribution < 1.29 is 4.92 Å². The normalized spacial score (nSPS) is 11.9. The molecule has 3 aromatic carbocycles. The Morgan fingerprint density at radius 3 is 2.14 bits per heavy atom. The van der Waals surface area contributed by atoms with Crippen molar-refractivity contribution in [3.05, 3.63) is 99.4 Å². The number of thiophene rings is 1. The summed E-state index contributed by atoms with van der Waals surface area (Å²) in [5.74, 6) is 0. The maximum Gasteiger partial charge on any atom is 0.324 e. The molecule has 9 nitrogen and oxygen atoms in total. The largest absolute Gasteiger partial charge is 0.324 e. The molecule has 2 aromatic heterocycles. The van der Waals surface area contributed by atoms with E-state index in [1.807, 2.05) is 66.0 Å². The highest BCUT2D eigenvalue weighted by Gasteiger charge is 2.09. The van der Waals surface area contributed by atoms with Gasteiger partial charge in [-0.25, -0.2) is 4.98 Å². The maximum absolute atomic E-state index is 10.9. The molecular weight excluding hydrogens is 482 g/mol. The molecule has 0 amide bonds. The summed E-state index contributed by atoms with van der Waals surface area (Å²) in [7, 11) is 0. The molecule has 0 N–H and O–H groups in total. The molecule has 5 rings (SSSR count). The van der Waals surface area contributed by atoms with Crippen molar-refractivity contribution in [3.63, 3.8) is 0 Å². The standard InChI is InChI=1S/C24H15N7O2S2/c32-31(33)23-12-9-18(35-23)15-26-21-10-11-22(20-4-2-1-3-19(20)21)29-27-16-5-7-17(8-6-16)28-30-24-25-13-14-34-24/h1-15H. The fourth-order valence-electron chi connectivity index (χ4n) is 3.17. The smallest absolute Gasteiger partial charge is 0.258 e. The summed E-state index contributed by atoms with van der Waals surface area (Å²) in [5, 5.41) is 32.3. The minimum Gasteiger partial charge on any atom is -0.258 e. The van der Waals surface area contributed by atoms with E-state index in [0.29, 0.717) is 27.1 Å². The Morgan fingerprint density at radius 2 is 1.49 bits per heavy atom. The lowest BCUT2D eigenvalue weighted by atomic mass is 10.1. The van der Waals surface area contributed by atoms with Crippen LogP contribution in [0.1, 0.15) is 4.88 Å².